The summed E-state index contributed by atoms with van der Waals surface area (Å²) in [6.07, 6.45) is 1.46. The Bertz CT molecular complexity index is 1550. The second-order valence-corrected chi connectivity index (χ2v) is 12.4. The van der Waals surface area contributed by atoms with Crippen molar-refractivity contribution in [2.45, 2.75) is 39.2 Å². The Morgan fingerprint density at radius 2 is 1.60 bits per heavy atom. The summed E-state index contributed by atoms with van der Waals surface area (Å²) in [6, 6.07) is 19.0. The van der Waals surface area contributed by atoms with Crippen LogP contribution in [0.1, 0.15) is 57.1 Å². The molecule has 1 N–H and O–H groups in total. The Morgan fingerprint density at radius 3 is 2.26 bits per heavy atom. The third-order valence-electron chi connectivity index (χ3n) is 7.42. The molecular weight excluding hydrogens is 559 g/mol. The van der Waals surface area contributed by atoms with Crippen LogP contribution in [-0.2, 0) is 12.8 Å². The molecule has 4 aromatic rings. The van der Waals surface area contributed by atoms with Crippen LogP contribution >= 0.6 is 11.3 Å². The molecule has 0 saturated heterocycles. The lowest BCUT2D eigenvalue weighted by Crippen LogP contribution is -2.43. The zero-order chi connectivity index (χ0) is 29.9. The number of nitrogens with zero attached hydrogens (tertiary/aromatic N) is 2. The normalized spacial score (nSPS) is 14.0. The van der Waals surface area contributed by atoms with Crippen LogP contribution in [0.2, 0.25) is 0 Å². The van der Waals surface area contributed by atoms with Crippen LogP contribution in [0, 0.1) is 17.0 Å². The summed E-state index contributed by atoms with van der Waals surface area (Å²) >= 11 is 1.37. The fourth-order valence-electron chi connectivity index (χ4n) is 5.24. The SMILES string of the molecule is CC(C)(CNCC[C@@H](CF)N1C(=O)c2ccccc2C1=O)Cc1nc(-c2cc(F)ccc2F)sc1Cc1ccccc1. The highest BCUT2D eigenvalue weighted by molar-refractivity contribution is 7.15. The number of nitrogens with one attached hydrogen (secondary N) is 1. The van der Waals surface area contributed by atoms with Gasteiger partial charge < -0.3 is 5.32 Å². The van der Waals surface area contributed by atoms with Crippen molar-refractivity contribution in [2.75, 3.05) is 19.8 Å². The number of alkyl halides is 1. The number of amides is 2. The number of benzene rings is 3. The van der Waals surface area contributed by atoms with Crippen molar-refractivity contribution < 1.29 is 22.8 Å². The first kappa shape index (κ1) is 29.7. The highest BCUT2D eigenvalue weighted by Crippen LogP contribution is 2.35. The summed E-state index contributed by atoms with van der Waals surface area (Å²) in [5.74, 6) is -1.97. The summed E-state index contributed by atoms with van der Waals surface area (Å²) in [7, 11) is 0. The molecule has 1 aromatic heterocycles. The summed E-state index contributed by atoms with van der Waals surface area (Å²) in [4.78, 5) is 32.3. The van der Waals surface area contributed by atoms with Crippen molar-refractivity contribution in [1.82, 2.24) is 15.2 Å². The molecule has 1 atom stereocenters. The van der Waals surface area contributed by atoms with Crippen molar-refractivity contribution >= 4 is 23.2 Å². The summed E-state index contributed by atoms with van der Waals surface area (Å²) < 4.78 is 42.6. The number of thiazole rings is 1. The zero-order valence-electron chi connectivity index (χ0n) is 23.5. The highest BCUT2D eigenvalue weighted by atomic mass is 32.1. The topological polar surface area (TPSA) is 62.3 Å². The van der Waals surface area contributed by atoms with Crippen molar-refractivity contribution in [3.05, 3.63) is 112 Å². The van der Waals surface area contributed by atoms with Gasteiger partial charge in [-0.2, -0.15) is 0 Å². The van der Waals surface area contributed by atoms with Crippen LogP contribution in [0.3, 0.4) is 0 Å². The van der Waals surface area contributed by atoms with Gasteiger partial charge in [0.1, 0.15) is 23.3 Å². The van der Waals surface area contributed by atoms with Gasteiger partial charge in [0, 0.05) is 23.4 Å². The number of halogens is 3. The molecule has 5 nitrogen and oxygen atoms in total. The zero-order valence-corrected chi connectivity index (χ0v) is 24.3. The number of aromatic nitrogens is 1. The van der Waals surface area contributed by atoms with Gasteiger partial charge in [-0.25, -0.2) is 18.2 Å². The van der Waals surface area contributed by atoms with Gasteiger partial charge in [-0.3, -0.25) is 14.5 Å². The molecule has 5 rings (SSSR count). The fraction of sp³-hybridized carbons (Fsp3) is 0.303. The monoisotopic (exact) mass is 591 g/mol. The van der Waals surface area contributed by atoms with Gasteiger partial charge in [0.15, 0.2) is 0 Å². The van der Waals surface area contributed by atoms with Gasteiger partial charge >= 0.3 is 0 Å². The van der Waals surface area contributed by atoms with E-state index in [1.165, 1.54) is 17.4 Å². The average molecular weight is 592 g/mol. The van der Waals surface area contributed by atoms with Gasteiger partial charge in [0.2, 0.25) is 0 Å². The van der Waals surface area contributed by atoms with Gasteiger partial charge in [0.25, 0.3) is 11.8 Å². The highest BCUT2D eigenvalue weighted by Gasteiger charge is 2.39. The minimum Gasteiger partial charge on any atom is -0.316 e. The lowest BCUT2D eigenvalue weighted by molar-refractivity contribution is 0.0549. The smallest absolute Gasteiger partial charge is 0.261 e. The minimum atomic E-state index is -0.854. The molecule has 42 heavy (non-hydrogen) atoms. The molecule has 0 saturated carbocycles. The molecule has 0 aliphatic carbocycles. The number of carbonyl (C=O) groups excluding carboxylic acids is 2. The Labute approximate surface area is 247 Å². The number of hydrogen-bond donors (Lipinski definition) is 1. The number of rotatable bonds is 12. The molecule has 0 spiro atoms. The minimum absolute atomic E-state index is 0.141. The number of carbonyl (C=O) groups is 2. The second kappa shape index (κ2) is 12.6. The van der Waals surface area contributed by atoms with Crippen molar-refractivity contribution in [3.63, 3.8) is 0 Å². The van der Waals surface area contributed by atoms with Gasteiger partial charge in [0.05, 0.1) is 22.9 Å². The van der Waals surface area contributed by atoms with E-state index < -0.39 is 36.2 Å². The maximum Gasteiger partial charge on any atom is 0.261 e. The number of fused-ring (bicyclic) bond motifs is 1. The van der Waals surface area contributed by atoms with Crippen LogP contribution in [0.5, 0.6) is 0 Å². The van der Waals surface area contributed by atoms with Gasteiger partial charge in [-0.1, -0.05) is 56.3 Å². The van der Waals surface area contributed by atoms with Crippen LogP contribution in [0.4, 0.5) is 13.2 Å². The molecule has 1 aliphatic heterocycles. The quantitative estimate of drug-likeness (QED) is 0.144. The van der Waals surface area contributed by atoms with E-state index in [0.717, 1.165) is 33.2 Å². The first-order chi connectivity index (χ1) is 20.2. The van der Waals surface area contributed by atoms with Gasteiger partial charge in [-0.15, -0.1) is 11.3 Å². The molecule has 3 aromatic carbocycles. The molecule has 9 heteroatoms. The Hall–Kier alpha value is -3.82. The van der Waals surface area contributed by atoms with Crippen LogP contribution in [-0.4, -0.2) is 47.5 Å². The Kier molecular flexibility index (Phi) is 8.89. The van der Waals surface area contributed by atoms with Gasteiger partial charge in [-0.05, 0) is 60.7 Å². The number of hydrogen-bond acceptors (Lipinski definition) is 5. The first-order valence-corrected chi connectivity index (χ1v) is 14.7. The summed E-state index contributed by atoms with van der Waals surface area (Å²) in [6.45, 7) is 4.28. The average Bonchev–Trinajstić information content (AvgIpc) is 3.47. The van der Waals surface area contributed by atoms with E-state index in [-0.39, 0.29) is 17.4 Å². The predicted molar refractivity (Wildman–Crippen MR) is 158 cm³/mol. The van der Waals surface area contributed by atoms with E-state index in [0.29, 0.717) is 42.1 Å². The van der Waals surface area contributed by atoms with Crippen molar-refractivity contribution in [2.24, 2.45) is 5.41 Å². The molecule has 0 unspecified atom stereocenters. The molecule has 218 valence electrons. The Balaban J connectivity index is 1.26. The summed E-state index contributed by atoms with van der Waals surface area (Å²) in [5.41, 5.74) is 2.38. The van der Waals surface area contributed by atoms with Crippen molar-refractivity contribution in [1.29, 1.82) is 0 Å². The third kappa shape index (κ3) is 6.47. The fourth-order valence-corrected chi connectivity index (χ4v) is 6.37. The lowest BCUT2D eigenvalue weighted by atomic mass is 9.87. The summed E-state index contributed by atoms with van der Waals surface area (Å²) in [5, 5.41) is 3.79. The van der Waals surface area contributed by atoms with Crippen LogP contribution in [0.15, 0.2) is 72.8 Å². The molecule has 0 fully saturated rings. The van der Waals surface area contributed by atoms with E-state index in [9.17, 15) is 22.8 Å². The maximum atomic E-state index is 14.6. The largest absolute Gasteiger partial charge is 0.316 e. The molecule has 2 amide bonds. The van der Waals surface area contributed by atoms with E-state index >= 15 is 0 Å². The predicted octanol–water partition coefficient (Wildman–Crippen LogP) is 6.86. The number of imide groups is 1. The first-order valence-electron chi connectivity index (χ1n) is 13.9. The second-order valence-electron chi connectivity index (χ2n) is 11.3. The van der Waals surface area contributed by atoms with Crippen LogP contribution < -0.4 is 5.32 Å². The van der Waals surface area contributed by atoms with E-state index in [1.807, 2.05) is 30.3 Å². The van der Waals surface area contributed by atoms with Crippen LogP contribution in [0.25, 0.3) is 10.6 Å². The standard InChI is InChI=1S/C33H32F3N3O2S/c1-33(2,20-37-15-14-23(19-34)39-31(40)24-10-6-7-11-25(24)32(39)41)18-28-29(16-21-8-4-3-5-9-21)42-30(38-28)26-17-22(35)12-13-27(26)36/h3-13,17,23,37H,14-16,18-20H2,1-2H3/t23-/m0/s1. The maximum absolute atomic E-state index is 14.6. The molecule has 0 radical (unpaired) electrons. The molecule has 0 bridgehead atoms. The van der Waals surface area contributed by atoms with E-state index in [4.69, 9.17) is 4.98 Å². The lowest BCUT2D eigenvalue weighted by Gasteiger charge is -2.27. The van der Waals surface area contributed by atoms with E-state index in [1.54, 1.807) is 24.3 Å². The molecule has 2 heterocycles. The Morgan fingerprint density at radius 1 is 0.929 bits per heavy atom. The van der Waals surface area contributed by atoms with Crippen molar-refractivity contribution in [3.8, 4) is 10.6 Å². The van der Waals surface area contributed by atoms with E-state index in [2.05, 4.69) is 19.2 Å². The third-order valence-corrected chi connectivity index (χ3v) is 8.55. The molecule has 1 aliphatic rings. The molecular formula is C33H32F3N3O2S.